The van der Waals surface area contributed by atoms with Gasteiger partial charge >= 0.3 is 315 Å². The van der Waals surface area contributed by atoms with E-state index in [2.05, 4.69) is 162 Å². The van der Waals surface area contributed by atoms with Crippen molar-refractivity contribution in [1.82, 2.24) is 0 Å². The summed E-state index contributed by atoms with van der Waals surface area (Å²) in [5, 5.41) is 33.0. The number of hydrogen-bond donors (Lipinski definition) is 2. The summed E-state index contributed by atoms with van der Waals surface area (Å²) in [7, 11) is 0. The molecule has 7 heteroatoms. The van der Waals surface area contributed by atoms with Crippen molar-refractivity contribution in [1.29, 1.82) is 0 Å². The van der Waals surface area contributed by atoms with Crippen LogP contribution in [-0.4, -0.2) is 47.9 Å². The van der Waals surface area contributed by atoms with Crippen molar-refractivity contribution >= 4 is 18.4 Å². The summed E-state index contributed by atoms with van der Waals surface area (Å²) in [6.07, 6.45) is 9.10. The number of hydrogen-bond acceptors (Lipinski definition) is 4. The molecule has 6 rings (SSSR count). The van der Waals surface area contributed by atoms with Gasteiger partial charge in [0.05, 0.1) is 0 Å². The number of benzene rings is 4. The van der Waals surface area contributed by atoms with Crippen LogP contribution < -0.4 is 5.11 Å². The molecule has 1 aliphatic carbocycles. The predicted molar refractivity (Wildman–Crippen MR) is 218 cm³/mol. The molecule has 2 unspecified atom stereocenters. The first-order valence-electron chi connectivity index (χ1n) is 19.6. The number of fused-ring (bicyclic) bond motifs is 1. The number of carboxylic acid groups (broad SMARTS) is 1. The number of carbonyl (C=O) groups is 1. The summed E-state index contributed by atoms with van der Waals surface area (Å²) in [4.78, 5) is 8.89. The summed E-state index contributed by atoms with van der Waals surface area (Å²) >= 11 is 0.320. The molecule has 0 spiro atoms. The third-order valence-corrected chi connectivity index (χ3v) is 13.0. The van der Waals surface area contributed by atoms with Crippen molar-refractivity contribution in [2.75, 3.05) is 0 Å². The van der Waals surface area contributed by atoms with E-state index in [1.165, 1.54) is 35.1 Å². The van der Waals surface area contributed by atoms with Gasteiger partial charge in [0.15, 0.2) is 0 Å². The van der Waals surface area contributed by atoms with E-state index in [1.54, 1.807) is 0 Å². The average Bonchev–Trinajstić information content (AvgIpc) is 3.45. The molecule has 2 fully saturated rings. The third-order valence-electron chi connectivity index (χ3n) is 11.4. The van der Waals surface area contributed by atoms with Gasteiger partial charge in [-0.2, -0.15) is 0 Å². The number of carbonyl (C=O) groups excluding carboxylic acids is 1. The van der Waals surface area contributed by atoms with Gasteiger partial charge in [0.2, 0.25) is 0 Å². The Hall–Kier alpha value is -4.19. The fourth-order valence-electron chi connectivity index (χ4n) is 7.73. The van der Waals surface area contributed by atoms with Crippen LogP contribution in [0.15, 0.2) is 84.9 Å². The third kappa shape index (κ3) is 9.27. The molecule has 6 nitrogen and oxygen atoms in total. The Morgan fingerprint density at radius 1 is 0.618 bits per heavy atom. The van der Waals surface area contributed by atoms with Crippen LogP contribution in [0, 0.1) is 0 Å². The molecule has 293 valence electrons. The molecule has 55 heavy (non-hydrogen) atoms. The average molecular weight is 785 g/mol. The molecule has 1 aliphatic heterocycles. The summed E-state index contributed by atoms with van der Waals surface area (Å²) in [6.45, 7) is 23.3. The molecule has 0 amide bonds. The van der Waals surface area contributed by atoms with E-state index < -0.39 is 5.97 Å². The zero-order valence-corrected chi connectivity index (χ0v) is 35.9. The van der Waals surface area contributed by atoms with Crippen LogP contribution in [0.5, 0.6) is 11.5 Å². The molecular formula is C48H61MnN2O4+. The molecular weight excluding hydrogens is 723 g/mol. The minimum absolute atomic E-state index is 0.0839. The number of carboxylic acids is 1. The minimum atomic E-state index is -1.08. The molecule has 0 bridgehead atoms. The Bertz CT molecular complexity index is 1920. The first-order valence-corrected chi connectivity index (χ1v) is 20.6. The zero-order valence-electron chi connectivity index (χ0n) is 34.7. The van der Waals surface area contributed by atoms with Crippen LogP contribution in [0.2, 0.25) is 0 Å². The Balaban J connectivity index is 0.00000138. The quantitative estimate of drug-likeness (QED) is 0.191. The van der Waals surface area contributed by atoms with Gasteiger partial charge < -0.3 is 9.90 Å². The second-order valence-electron chi connectivity index (χ2n) is 18.3. The Morgan fingerprint density at radius 3 is 1.25 bits per heavy atom. The van der Waals surface area contributed by atoms with Crippen LogP contribution in [0.4, 0.5) is 0 Å². The number of aliphatic carboxylic acids is 1. The van der Waals surface area contributed by atoms with E-state index >= 15 is 0 Å². The molecule has 2 atom stereocenters. The van der Waals surface area contributed by atoms with E-state index in [1.807, 2.05) is 12.1 Å². The first-order chi connectivity index (χ1) is 25.6. The monoisotopic (exact) mass is 784 g/mol. The Morgan fingerprint density at radius 2 is 0.945 bits per heavy atom. The topological polar surface area (TPSA) is 86.6 Å². The fraction of sp³-hybridized carbons (Fsp3) is 0.438. The summed E-state index contributed by atoms with van der Waals surface area (Å²) in [5.74, 6) is -0.360. The van der Waals surface area contributed by atoms with Crippen molar-refractivity contribution in [3.63, 3.8) is 0 Å². The molecule has 1 heterocycles. The summed E-state index contributed by atoms with van der Waals surface area (Å²) in [5.41, 5.74) is 7.54. The van der Waals surface area contributed by atoms with E-state index in [9.17, 15) is 10.2 Å². The van der Waals surface area contributed by atoms with Crippen molar-refractivity contribution in [3.05, 3.63) is 129 Å². The van der Waals surface area contributed by atoms with Crippen LogP contribution >= 0.6 is 0 Å². The van der Waals surface area contributed by atoms with E-state index in [-0.39, 0.29) is 21.7 Å². The molecule has 1 saturated heterocycles. The summed E-state index contributed by atoms with van der Waals surface area (Å²) in [6, 6.07) is 30.6. The summed E-state index contributed by atoms with van der Waals surface area (Å²) < 4.78 is 4.98. The molecule has 4 aromatic carbocycles. The van der Waals surface area contributed by atoms with Crippen LogP contribution in [-0.2, 0) is 41.8 Å². The maximum absolute atomic E-state index is 12.1. The van der Waals surface area contributed by atoms with Crippen molar-refractivity contribution < 1.29 is 42.7 Å². The number of aromatic hydroxyl groups is 2. The van der Waals surface area contributed by atoms with Crippen molar-refractivity contribution in [2.24, 2.45) is 0 Å². The van der Waals surface area contributed by atoms with Gasteiger partial charge in [0.25, 0.3) is 0 Å². The van der Waals surface area contributed by atoms with Gasteiger partial charge in [-0.25, -0.2) is 0 Å². The SMILES string of the molecule is CC(=O)[O-].CC(C)(C)c1cc(C=[N+]2[Mn][N+](=Cc3cc(C(C)(C)C)cc(C(C)(C)c4ccccc4)c3O)C3CCCCC32)c(O)c(C(C)(C)c2ccccc2)c1. The second-order valence-corrected chi connectivity index (χ2v) is 19.8. The standard InChI is InChI=1S/C46H58N2O2.C2H4O2.Mn/c1-43(2,3)35-25-31(41(49)37(27-35)45(7,8)33-19-13-11-14-20-33)29-47-39-23-17-18-24-40(39)48-30-32-26-36(44(4,5)6)28-38(42(32)50)46(9,10)34-21-15-12-16-22-34;1-2(3)4;/h11-16,19-22,25-30,39-40,49-50H,17-18,23-24H2,1-10H3;1H3,(H,3,4);/q;;+2/p-1. The molecule has 0 radical (unpaired) electrons. The maximum atomic E-state index is 12.1. The van der Waals surface area contributed by atoms with Crippen molar-refractivity contribution in [2.45, 2.75) is 136 Å². The molecule has 0 aromatic heterocycles. The second kappa shape index (κ2) is 16.1. The zero-order chi connectivity index (χ0) is 40.5. The fourth-order valence-corrected chi connectivity index (χ4v) is 9.57. The Kier molecular flexibility index (Phi) is 12.3. The van der Waals surface area contributed by atoms with Gasteiger partial charge in [-0.3, -0.25) is 0 Å². The number of phenolic OH excluding ortho intramolecular Hbond substituents is 2. The van der Waals surface area contributed by atoms with E-state index in [0.29, 0.717) is 39.0 Å². The number of rotatable bonds is 6. The molecule has 2 aliphatic rings. The van der Waals surface area contributed by atoms with Crippen LogP contribution in [0.3, 0.4) is 0 Å². The normalized spacial score (nSPS) is 19.2. The molecule has 2 N–H and O–H groups in total. The molecule has 1 saturated carbocycles. The van der Waals surface area contributed by atoms with Gasteiger partial charge in [-0.05, 0) is 6.92 Å². The number of phenols is 2. The van der Waals surface area contributed by atoms with E-state index in [4.69, 9.17) is 9.90 Å². The first kappa shape index (κ1) is 42.0. The predicted octanol–water partition coefficient (Wildman–Crippen LogP) is 8.90. The Labute approximate surface area is 336 Å². The van der Waals surface area contributed by atoms with Gasteiger partial charge in [-0.15, -0.1) is 0 Å². The van der Waals surface area contributed by atoms with Crippen molar-refractivity contribution in [3.8, 4) is 11.5 Å². The van der Waals surface area contributed by atoms with Crippen LogP contribution in [0.1, 0.15) is 146 Å². The van der Waals surface area contributed by atoms with Gasteiger partial charge in [0.1, 0.15) is 0 Å². The van der Waals surface area contributed by atoms with E-state index in [0.717, 1.165) is 42.0 Å². The number of nitrogens with zero attached hydrogens (tertiary/aromatic N) is 2. The van der Waals surface area contributed by atoms with Gasteiger partial charge in [0, 0.05) is 5.97 Å². The van der Waals surface area contributed by atoms with Crippen LogP contribution in [0.25, 0.3) is 0 Å². The van der Waals surface area contributed by atoms with Gasteiger partial charge in [-0.1, -0.05) is 0 Å². The molecule has 4 aromatic rings.